The first kappa shape index (κ1) is 14.7. The van der Waals surface area contributed by atoms with Crippen LogP contribution in [0.5, 0.6) is 5.75 Å². The zero-order chi connectivity index (χ0) is 16.3. The number of allylic oxidation sites excluding steroid dienone is 4. The smallest absolute Gasteiger partial charge is 0.164 e. The molecule has 0 amide bonds. The van der Waals surface area contributed by atoms with Gasteiger partial charge in [-0.05, 0) is 71.9 Å². The summed E-state index contributed by atoms with van der Waals surface area (Å²) in [5.41, 5.74) is 5.30. The van der Waals surface area contributed by atoms with Crippen LogP contribution in [-0.2, 0) is 4.79 Å². The highest BCUT2D eigenvalue weighted by atomic mass is 16.3. The molecule has 0 saturated heterocycles. The Morgan fingerprint density at radius 1 is 1.26 bits per heavy atom. The summed E-state index contributed by atoms with van der Waals surface area (Å²) in [7, 11) is 0. The van der Waals surface area contributed by atoms with Crippen LogP contribution in [0.4, 0.5) is 0 Å². The Labute approximate surface area is 136 Å². The van der Waals surface area contributed by atoms with Crippen LogP contribution in [0.15, 0.2) is 29.8 Å². The summed E-state index contributed by atoms with van der Waals surface area (Å²) in [5.74, 6) is 1.53. The van der Waals surface area contributed by atoms with Crippen LogP contribution >= 0.6 is 0 Å². The van der Waals surface area contributed by atoms with Crippen molar-refractivity contribution < 1.29 is 15.0 Å². The molecule has 3 aliphatic carbocycles. The molecule has 3 aliphatic rings. The van der Waals surface area contributed by atoms with Gasteiger partial charge in [0.25, 0.3) is 0 Å². The fourth-order valence-electron chi connectivity index (χ4n) is 5.14. The van der Waals surface area contributed by atoms with Crippen LogP contribution in [0.25, 0.3) is 11.1 Å². The zero-order valence-electron chi connectivity index (χ0n) is 13.5. The van der Waals surface area contributed by atoms with E-state index >= 15 is 0 Å². The highest BCUT2D eigenvalue weighted by molar-refractivity contribution is 6.34. The molecular formula is C20H22O3. The molecule has 0 aliphatic heterocycles. The third kappa shape index (κ3) is 1.89. The van der Waals surface area contributed by atoms with Crippen molar-refractivity contribution in [3.05, 3.63) is 41.0 Å². The van der Waals surface area contributed by atoms with Crippen LogP contribution in [0.1, 0.15) is 37.8 Å². The molecule has 0 aromatic heterocycles. The molecule has 4 rings (SSSR count). The van der Waals surface area contributed by atoms with Gasteiger partial charge in [-0.15, -0.1) is 0 Å². The minimum absolute atomic E-state index is 0.139. The molecule has 1 fully saturated rings. The normalized spacial score (nSPS) is 33.9. The van der Waals surface area contributed by atoms with E-state index in [1.54, 1.807) is 12.1 Å². The van der Waals surface area contributed by atoms with E-state index in [1.807, 2.05) is 13.0 Å². The van der Waals surface area contributed by atoms with Crippen molar-refractivity contribution in [2.24, 2.45) is 23.7 Å². The van der Waals surface area contributed by atoms with E-state index in [2.05, 4.69) is 13.0 Å². The average Bonchev–Trinajstić information content (AvgIpc) is 2.77. The number of carbonyl (C=O) groups is 1. The molecule has 1 saturated carbocycles. The van der Waals surface area contributed by atoms with Gasteiger partial charge in [0.2, 0.25) is 0 Å². The molecule has 1 aromatic carbocycles. The molecule has 1 aromatic rings. The van der Waals surface area contributed by atoms with Gasteiger partial charge in [-0.3, -0.25) is 4.79 Å². The predicted octanol–water partition coefficient (Wildman–Crippen LogP) is 3.42. The summed E-state index contributed by atoms with van der Waals surface area (Å²) in [4.78, 5) is 12.9. The van der Waals surface area contributed by atoms with Crippen LogP contribution in [0, 0.1) is 23.7 Å². The van der Waals surface area contributed by atoms with E-state index < -0.39 is 0 Å². The lowest BCUT2D eigenvalue weighted by Crippen LogP contribution is -2.28. The van der Waals surface area contributed by atoms with Gasteiger partial charge in [-0.2, -0.15) is 0 Å². The second-order valence-electron chi connectivity index (χ2n) is 7.11. The van der Waals surface area contributed by atoms with Crippen molar-refractivity contribution in [2.45, 2.75) is 26.7 Å². The lowest BCUT2D eigenvalue weighted by Gasteiger charge is -2.34. The number of hydrogen-bond donors (Lipinski definition) is 2. The Hall–Kier alpha value is -1.87. The number of aliphatic hydroxyl groups is 1. The zero-order valence-corrected chi connectivity index (χ0v) is 13.5. The second kappa shape index (κ2) is 5.07. The maximum Gasteiger partial charge on any atom is 0.164 e. The number of aliphatic hydroxyl groups excluding tert-OH is 1. The molecule has 0 spiro atoms. The van der Waals surface area contributed by atoms with Crippen molar-refractivity contribution >= 4 is 16.9 Å². The molecule has 2 N–H and O–H groups in total. The first-order valence-electron chi connectivity index (χ1n) is 8.43. The molecule has 3 heteroatoms. The largest absolute Gasteiger partial charge is 0.508 e. The molecule has 4 atom stereocenters. The first-order chi connectivity index (χ1) is 11.1. The Kier molecular flexibility index (Phi) is 3.24. The van der Waals surface area contributed by atoms with Crippen molar-refractivity contribution in [2.75, 3.05) is 6.61 Å². The lowest BCUT2D eigenvalue weighted by atomic mass is 9.69. The Morgan fingerprint density at radius 3 is 2.74 bits per heavy atom. The lowest BCUT2D eigenvalue weighted by molar-refractivity contribution is -0.114. The quantitative estimate of drug-likeness (QED) is 0.782. The number of phenolic OH excluding ortho intramolecular Hbond substituents is 1. The average molecular weight is 310 g/mol. The number of aromatic hydroxyl groups is 1. The van der Waals surface area contributed by atoms with Gasteiger partial charge in [-0.25, -0.2) is 0 Å². The predicted molar refractivity (Wildman–Crippen MR) is 89.6 cm³/mol. The summed E-state index contributed by atoms with van der Waals surface area (Å²) < 4.78 is 0. The van der Waals surface area contributed by atoms with E-state index in [9.17, 15) is 15.0 Å². The third-order valence-electron chi connectivity index (χ3n) is 6.23. The van der Waals surface area contributed by atoms with Crippen LogP contribution in [0.3, 0.4) is 0 Å². The molecule has 3 nitrogen and oxygen atoms in total. The molecule has 23 heavy (non-hydrogen) atoms. The second-order valence-corrected chi connectivity index (χ2v) is 7.11. The fraction of sp³-hybridized carbons (Fsp3) is 0.450. The van der Waals surface area contributed by atoms with Gasteiger partial charge in [0.1, 0.15) is 5.75 Å². The SMILES string of the molecule is C/C=C1/[C@@H](C)[C@@H]2CC3=C(C(=O)C[C@@H]1[C@H]2CO)c1ccc(O)cc13. The minimum atomic E-state index is 0.139. The Morgan fingerprint density at radius 2 is 2.04 bits per heavy atom. The van der Waals surface area contributed by atoms with E-state index in [4.69, 9.17) is 0 Å². The maximum absolute atomic E-state index is 12.9. The number of phenols is 1. The van der Waals surface area contributed by atoms with E-state index in [1.165, 1.54) is 5.57 Å². The van der Waals surface area contributed by atoms with E-state index in [0.29, 0.717) is 18.3 Å². The molecule has 2 bridgehead atoms. The van der Waals surface area contributed by atoms with Gasteiger partial charge in [0.15, 0.2) is 5.78 Å². The summed E-state index contributed by atoms with van der Waals surface area (Å²) in [5, 5.41) is 19.7. The number of benzene rings is 1. The third-order valence-corrected chi connectivity index (χ3v) is 6.23. The molecule has 0 unspecified atom stereocenters. The summed E-state index contributed by atoms with van der Waals surface area (Å²) in [6.45, 7) is 4.40. The van der Waals surface area contributed by atoms with Gasteiger partial charge < -0.3 is 10.2 Å². The van der Waals surface area contributed by atoms with Crippen molar-refractivity contribution in [3.8, 4) is 5.75 Å². The van der Waals surface area contributed by atoms with Gasteiger partial charge in [0.05, 0.1) is 0 Å². The summed E-state index contributed by atoms with van der Waals surface area (Å²) >= 11 is 0. The summed E-state index contributed by atoms with van der Waals surface area (Å²) in [6.07, 6.45) is 3.45. The standard InChI is InChI=1S/C20H22O3/c1-3-12-10(2)14-7-17-15-6-11(22)4-5-13(15)20(17)19(23)8-16(12)18(14)9-21/h3-6,10,14,16,18,21-22H,7-9H2,1-2H3/b12-3-/t10-,14+,16+,18+/m1/s1. The Balaban J connectivity index is 1.82. The number of carbonyl (C=O) groups excluding carboxylic acids is 1. The van der Waals surface area contributed by atoms with Gasteiger partial charge >= 0.3 is 0 Å². The summed E-state index contributed by atoms with van der Waals surface area (Å²) in [6, 6.07) is 5.28. The van der Waals surface area contributed by atoms with Crippen LogP contribution in [0.2, 0.25) is 0 Å². The van der Waals surface area contributed by atoms with Crippen molar-refractivity contribution in [3.63, 3.8) is 0 Å². The van der Waals surface area contributed by atoms with E-state index in [-0.39, 0.29) is 30.0 Å². The number of ketones is 1. The van der Waals surface area contributed by atoms with Gasteiger partial charge in [0, 0.05) is 18.6 Å². The highest BCUT2D eigenvalue weighted by Gasteiger charge is 2.48. The minimum Gasteiger partial charge on any atom is -0.508 e. The topological polar surface area (TPSA) is 57.5 Å². The van der Waals surface area contributed by atoms with Crippen LogP contribution in [-0.4, -0.2) is 22.6 Å². The molecule has 120 valence electrons. The van der Waals surface area contributed by atoms with Crippen molar-refractivity contribution in [1.29, 1.82) is 0 Å². The first-order valence-corrected chi connectivity index (χ1v) is 8.43. The fourth-order valence-corrected chi connectivity index (χ4v) is 5.14. The van der Waals surface area contributed by atoms with E-state index in [0.717, 1.165) is 28.7 Å². The number of Topliss-reactive ketones (excluding diaryl/α,β-unsaturated/α-hetero) is 1. The maximum atomic E-state index is 12.9. The highest BCUT2D eigenvalue weighted by Crippen LogP contribution is 2.56. The van der Waals surface area contributed by atoms with Gasteiger partial charge in [-0.1, -0.05) is 18.6 Å². The molecule has 0 radical (unpaired) electrons. The monoisotopic (exact) mass is 310 g/mol. The number of rotatable bonds is 1. The number of fused-ring (bicyclic) bond motifs is 5. The Bertz CT molecular complexity index is 756. The van der Waals surface area contributed by atoms with Crippen LogP contribution < -0.4 is 0 Å². The molecule has 0 heterocycles. The number of hydrogen-bond acceptors (Lipinski definition) is 3. The molecular weight excluding hydrogens is 288 g/mol. The van der Waals surface area contributed by atoms with Crippen molar-refractivity contribution in [1.82, 2.24) is 0 Å².